The van der Waals surface area contributed by atoms with E-state index in [0.29, 0.717) is 18.4 Å². The molecule has 0 amide bonds. The first kappa shape index (κ1) is 13.7. The zero-order chi connectivity index (χ0) is 13.8. The lowest BCUT2D eigenvalue weighted by Gasteiger charge is -2.21. The molecule has 0 saturated heterocycles. The van der Waals surface area contributed by atoms with Gasteiger partial charge in [0.25, 0.3) is 0 Å². The average molecular weight is 322 g/mol. The summed E-state index contributed by atoms with van der Waals surface area (Å²) in [5, 5.41) is 0. The minimum Gasteiger partial charge on any atom is -0.370 e. The van der Waals surface area contributed by atoms with Crippen molar-refractivity contribution in [3.8, 4) is 0 Å². The molecule has 0 heterocycles. The van der Waals surface area contributed by atoms with Gasteiger partial charge in [0, 0.05) is 29.3 Å². The molecule has 2 aromatic carbocycles. The number of rotatable bonds is 4. The molecule has 2 aromatic rings. The van der Waals surface area contributed by atoms with Crippen LogP contribution in [0.5, 0.6) is 0 Å². The van der Waals surface area contributed by atoms with Crippen LogP contribution in [0.3, 0.4) is 0 Å². The van der Waals surface area contributed by atoms with E-state index in [-0.39, 0.29) is 0 Å². The topological polar surface area (TPSA) is 20.3 Å². The summed E-state index contributed by atoms with van der Waals surface area (Å²) in [6.07, 6.45) is 0.677. The number of halogens is 2. The Morgan fingerprint density at radius 3 is 2.53 bits per heavy atom. The molecule has 2 nitrogen and oxygen atoms in total. The van der Waals surface area contributed by atoms with E-state index < -0.39 is 5.82 Å². The summed E-state index contributed by atoms with van der Waals surface area (Å²) in [6.45, 7) is 0.653. The number of hydrogen-bond donors (Lipinski definition) is 0. The van der Waals surface area contributed by atoms with Crippen molar-refractivity contribution in [1.29, 1.82) is 0 Å². The highest BCUT2D eigenvalue weighted by Crippen LogP contribution is 2.21. The summed E-state index contributed by atoms with van der Waals surface area (Å²) in [5.41, 5.74) is 2.20. The summed E-state index contributed by atoms with van der Waals surface area (Å²) < 4.78 is 14.1. The lowest BCUT2D eigenvalue weighted by Crippen LogP contribution is -2.18. The van der Waals surface area contributed by atoms with E-state index >= 15 is 0 Å². The fourth-order valence-electron chi connectivity index (χ4n) is 1.92. The van der Waals surface area contributed by atoms with E-state index in [4.69, 9.17) is 0 Å². The Bertz CT molecular complexity index is 583. The Kier molecular flexibility index (Phi) is 4.32. The molecule has 0 radical (unpaired) electrons. The summed E-state index contributed by atoms with van der Waals surface area (Å²) >= 11 is 3.39. The SMILES string of the molecule is CN(Cc1ccc(Br)cc1)c1ccc(F)cc1C=O. The summed E-state index contributed by atoms with van der Waals surface area (Å²) in [7, 11) is 1.88. The number of benzene rings is 2. The molecule has 0 spiro atoms. The van der Waals surface area contributed by atoms with Crippen molar-refractivity contribution in [2.45, 2.75) is 6.54 Å². The lowest BCUT2D eigenvalue weighted by molar-refractivity contribution is 0.112. The van der Waals surface area contributed by atoms with Gasteiger partial charge in [-0.2, -0.15) is 0 Å². The van der Waals surface area contributed by atoms with Gasteiger partial charge >= 0.3 is 0 Å². The van der Waals surface area contributed by atoms with Crippen molar-refractivity contribution in [3.63, 3.8) is 0 Å². The lowest BCUT2D eigenvalue weighted by atomic mass is 10.1. The number of anilines is 1. The molecule has 0 aromatic heterocycles. The van der Waals surface area contributed by atoms with Crippen LogP contribution in [-0.2, 0) is 6.54 Å². The molecule has 0 fully saturated rings. The normalized spacial score (nSPS) is 10.3. The fraction of sp³-hybridized carbons (Fsp3) is 0.133. The van der Waals surface area contributed by atoms with Crippen LogP contribution in [0.4, 0.5) is 10.1 Å². The Balaban J connectivity index is 2.22. The second kappa shape index (κ2) is 5.97. The zero-order valence-corrected chi connectivity index (χ0v) is 12.0. The molecule has 0 N–H and O–H groups in total. The van der Waals surface area contributed by atoms with E-state index in [1.54, 1.807) is 6.07 Å². The molecule has 0 aliphatic carbocycles. The highest BCUT2D eigenvalue weighted by molar-refractivity contribution is 9.10. The molecule has 0 saturated carbocycles. The fourth-order valence-corrected chi connectivity index (χ4v) is 2.18. The molecule has 2 rings (SSSR count). The van der Waals surface area contributed by atoms with Crippen molar-refractivity contribution in [2.75, 3.05) is 11.9 Å². The molecule has 0 aliphatic heterocycles. The first-order valence-corrected chi connectivity index (χ1v) is 6.60. The predicted octanol–water partition coefficient (Wildman–Crippen LogP) is 4.04. The highest BCUT2D eigenvalue weighted by Gasteiger charge is 2.08. The standard InChI is InChI=1S/C15H13BrFNO/c1-18(9-11-2-4-13(16)5-3-11)15-7-6-14(17)8-12(15)10-19/h2-8,10H,9H2,1H3. The van der Waals surface area contributed by atoms with Crippen molar-refractivity contribution >= 4 is 27.9 Å². The van der Waals surface area contributed by atoms with Gasteiger partial charge in [-0.05, 0) is 35.9 Å². The Labute approximate surface area is 120 Å². The Hall–Kier alpha value is -1.68. The van der Waals surface area contributed by atoms with E-state index in [1.807, 2.05) is 36.2 Å². The molecule has 0 unspecified atom stereocenters. The van der Waals surface area contributed by atoms with Crippen molar-refractivity contribution in [2.24, 2.45) is 0 Å². The molecule has 0 atom stereocenters. The maximum atomic E-state index is 13.1. The molecule has 19 heavy (non-hydrogen) atoms. The maximum absolute atomic E-state index is 13.1. The van der Waals surface area contributed by atoms with Gasteiger partial charge in [-0.15, -0.1) is 0 Å². The van der Waals surface area contributed by atoms with Gasteiger partial charge in [-0.3, -0.25) is 4.79 Å². The van der Waals surface area contributed by atoms with Crippen molar-refractivity contribution in [1.82, 2.24) is 0 Å². The smallest absolute Gasteiger partial charge is 0.152 e. The van der Waals surface area contributed by atoms with Crippen LogP contribution in [0.25, 0.3) is 0 Å². The van der Waals surface area contributed by atoms with Crippen molar-refractivity contribution in [3.05, 3.63) is 63.9 Å². The summed E-state index contributed by atoms with van der Waals surface area (Å²) in [6, 6.07) is 12.2. The monoisotopic (exact) mass is 321 g/mol. The number of carbonyl (C=O) groups excluding carboxylic acids is 1. The molecular weight excluding hydrogens is 309 g/mol. The quantitative estimate of drug-likeness (QED) is 0.792. The van der Waals surface area contributed by atoms with Gasteiger partial charge in [-0.25, -0.2) is 4.39 Å². The van der Waals surface area contributed by atoms with Crippen molar-refractivity contribution < 1.29 is 9.18 Å². The third kappa shape index (κ3) is 3.41. The van der Waals surface area contributed by atoms with Gasteiger partial charge in [0.2, 0.25) is 0 Å². The van der Waals surface area contributed by atoms with Crippen LogP contribution in [0.1, 0.15) is 15.9 Å². The summed E-state index contributed by atoms with van der Waals surface area (Å²) in [5.74, 6) is -0.400. The second-order valence-corrected chi connectivity index (χ2v) is 5.22. The first-order chi connectivity index (χ1) is 9.10. The molecular formula is C15H13BrFNO. The third-order valence-corrected chi connectivity index (χ3v) is 3.39. The van der Waals surface area contributed by atoms with E-state index in [2.05, 4.69) is 15.9 Å². The zero-order valence-electron chi connectivity index (χ0n) is 10.4. The minimum absolute atomic E-state index is 0.361. The van der Waals surface area contributed by atoms with Crippen LogP contribution >= 0.6 is 15.9 Å². The Morgan fingerprint density at radius 1 is 1.21 bits per heavy atom. The Morgan fingerprint density at radius 2 is 1.89 bits per heavy atom. The van der Waals surface area contributed by atoms with Gasteiger partial charge < -0.3 is 4.90 Å². The second-order valence-electron chi connectivity index (χ2n) is 4.30. The molecule has 98 valence electrons. The number of carbonyl (C=O) groups is 1. The van der Waals surface area contributed by atoms with Crippen LogP contribution in [-0.4, -0.2) is 13.3 Å². The first-order valence-electron chi connectivity index (χ1n) is 5.80. The maximum Gasteiger partial charge on any atom is 0.152 e. The molecule has 0 bridgehead atoms. The largest absolute Gasteiger partial charge is 0.370 e. The molecule has 4 heteroatoms. The van der Waals surface area contributed by atoms with E-state index in [1.165, 1.54) is 12.1 Å². The van der Waals surface area contributed by atoms with Gasteiger partial charge in [0.15, 0.2) is 6.29 Å². The highest BCUT2D eigenvalue weighted by atomic mass is 79.9. The van der Waals surface area contributed by atoms with E-state index in [9.17, 15) is 9.18 Å². The number of nitrogens with zero attached hydrogens (tertiary/aromatic N) is 1. The summed E-state index contributed by atoms with van der Waals surface area (Å²) in [4.78, 5) is 12.9. The number of aldehydes is 1. The molecule has 0 aliphatic rings. The van der Waals surface area contributed by atoms with Crippen LogP contribution in [0, 0.1) is 5.82 Å². The van der Waals surface area contributed by atoms with Gasteiger partial charge in [-0.1, -0.05) is 28.1 Å². The van der Waals surface area contributed by atoms with Gasteiger partial charge in [0.1, 0.15) is 5.82 Å². The third-order valence-electron chi connectivity index (χ3n) is 2.86. The van der Waals surface area contributed by atoms with Crippen LogP contribution in [0.2, 0.25) is 0 Å². The van der Waals surface area contributed by atoms with Crippen LogP contribution in [0.15, 0.2) is 46.9 Å². The van der Waals surface area contributed by atoms with Gasteiger partial charge in [0.05, 0.1) is 0 Å². The average Bonchev–Trinajstić information content (AvgIpc) is 2.41. The predicted molar refractivity (Wildman–Crippen MR) is 78.0 cm³/mol. The van der Waals surface area contributed by atoms with E-state index in [0.717, 1.165) is 15.7 Å². The number of hydrogen-bond acceptors (Lipinski definition) is 2. The minimum atomic E-state index is -0.400. The van der Waals surface area contributed by atoms with Crippen LogP contribution < -0.4 is 4.90 Å².